The van der Waals surface area contributed by atoms with Gasteiger partial charge < -0.3 is 19.3 Å². The number of ether oxygens (including phenoxy) is 3. The van der Waals surface area contributed by atoms with Gasteiger partial charge in [0, 0.05) is 5.92 Å². The van der Waals surface area contributed by atoms with E-state index >= 15 is 0 Å². The van der Waals surface area contributed by atoms with Gasteiger partial charge in [0.25, 0.3) is 0 Å². The number of Topliss-reactive ketones (excluding diaryl/α,β-unsaturated/α-hetero) is 1. The number of rotatable bonds is 10. The number of carbonyl (C=O) groups excluding carboxylic acids is 4. The molecule has 1 fully saturated rings. The van der Waals surface area contributed by atoms with Crippen molar-refractivity contribution in [3.63, 3.8) is 0 Å². The van der Waals surface area contributed by atoms with Gasteiger partial charge in [-0.1, -0.05) is 45.8 Å². The van der Waals surface area contributed by atoms with E-state index in [1.807, 2.05) is 13.8 Å². The first-order valence-corrected chi connectivity index (χ1v) is 10.2. The van der Waals surface area contributed by atoms with Gasteiger partial charge in [-0.05, 0) is 18.3 Å². The van der Waals surface area contributed by atoms with E-state index in [1.165, 1.54) is 6.08 Å². The van der Waals surface area contributed by atoms with Crippen LogP contribution in [0.25, 0.3) is 0 Å². The molecule has 170 valence electrons. The van der Waals surface area contributed by atoms with Crippen LogP contribution in [0.1, 0.15) is 52.9 Å². The summed E-state index contributed by atoms with van der Waals surface area (Å²) < 4.78 is 14.3. The highest BCUT2D eigenvalue weighted by atomic mass is 16.5. The molecule has 2 unspecified atom stereocenters. The number of aliphatic hydroxyl groups is 1. The Labute approximate surface area is 177 Å². The molecule has 0 aromatic rings. The third-order valence-corrected chi connectivity index (χ3v) is 6.07. The summed E-state index contributed by atoms with van der Waals surface area (Å²) in [5.74, 6) is -5.25. The average Bonchev–Trinajstić information content (AvgIpc) is 3.01. The highest BCUT2D eigenvalue weighted by Gasteiger charge is 2.62. The molecule has 4 atom stereocenters. The van der Waals surface area contributed by atoms with Crippen LogP contribution in [0, 0.1) is 22.7 Å². The standard InChI is InChI=1S/C22H34O8/c1-7-8-11-21(2,3)16(23)10-9-14-12-15(19(26)29-5)18(25)22(14,20(27)30-6)13-17(24)28-4/h9-10,14-16,23H,7-8,11-13H2,1-6H3/t14?,15-,16?,22-/m1/s1. The zero-order valence-electron chi connectivity index (χ0n) is 18.7. The monoisotopic (exact) mass is 426 g/mol. The molecule has 0 aromatic heterocycles. The van der Waals surface area contributed by atoms with Gasteiger partial charge in [-0.2, -0.15) is 0 Å². The van der Waals surface area contributed by atoms with Gasteiger partial charge in [0.1, 0.15) is 11.3 Å². The number of ketones is 1. The molecule has 1 N–H and O–H groups in total. The number of hydrogen-bond acceptors (Lipinski definition) is 8. The largest absolute Gasteiger partial charge is 0.469 e. The van der Waals surface area contributed by atoms with Crippen molar-refractivity contribution in [1.82, 2.24) is 0 Å². The SMILES string of the molecule is CCCCC(C)(C)C(O)C=CC1C[C@@H](C(=O)OC)C(=O)[C@]1(CC(=O)OC)C(=O)OC. The molecule has 1 saturated carbocycles. The number of allylic oxidation sites excluding steroid dienone is 1. The Morgan fingerprint density at radius 1 is 1.20 bits per heavy atom. The van der Waals surface area contributed by atoms with Crippen LogP contribution >= 0.6 is 0 Å². The molecular formula is C22H34O8. The Kier molecular flexibility index (Phi) is 9.21. The summed E-state index contributed by atoms with van der Waals surface area (Å²) in [6, 6.07) is 0. The van der Waals surface area contributed by atoms with Gasteiger partial charge in [0.05, 0.1) is 33.9 Å². The lowest BCUT2D eigenvalue weighted by molar-refractivity contribution is -0.166. The first-order valence-electron chi connectivity index (χ1n) is 10.2. The fourth-order valence-electron chi connectivity index (χ4n) is 3.95. The zero-order valence-corrected chi connectivity index (χ0v) is 18.7. The van der Waals surface area contributed by atoms with Crippen molar-refractivity contribution >= 4 is 23.7 Å². The number of methoxy groups -OCH3 is 3. The summed E-state index contributed by atoms with van der Waals surface area (Å²) in [4.78, 5) is 50.1. The fourth-order valence-corrected chi connectivity index (χ4v) is 3.95. The molecule has 1 rings (SSSR count). The number of carbonyl (C=O) groups is 4. The Morgan fingerprint density at radius 3 is 2.33 bits per heavy atom. The van der Waals surface area contributed by atoms with Gasteiger partial charge in [-0.3, -0.25) is 19.2 Å². The molecule has 0 bridgehead atoms. The third kappa shape index (κ3) is 5.28. The second kappa shape index (κ2) is 10.7. The van der Waals surface area contributed by atoms with Crippen LogP contribution in [0.5, 0.6) is 0 Å². The van der Waals surface area contributed by atoms with Crippen LogP contribution in [-0.4, -0.2) is 56.2 Å². The maximum Gasteiger partial charge on any atom is 0.320 e. The maximum absolute atomic E-state index is 13.2. The van der Waals surface area contributed by atoms with Crippen LogP contribution in [0.4, 0.5) is 0 Å². The van der Waals surface area contributed by atoms with E-state index in [-0.39, 0.29) is 6.42 Å². The molecule has 0 aliphatic heterocycles. The number of aliphatic hydroxyl groups excluding tert-OH is 1. The Bertz CT molecular complexity index is 681. The zero-order chi connectivity index (χ0) is 23.1. The van der Waals surface area contributed by atoms with Gasteiger partial charge >= 0.3 is 17.9 Å². The minimum atomic E-state index is -1.91. The summed E-state index contributed by atoms with van der Waals surface area (Å²) in [6.45, 7) is 5.92. The van der Waals surface area contributed by atoms with Crippen LogP contribution in [0.3, 0.4) is 0 Å². The summed E-state index contributed by atoms with van der Waals surface area (Å²) in [5, 5.41) is 10.7. The highest BCUT2D eigenvalue weighted by Crippen LogP contribution is 2.49. The molecule has 0 heterocycles. The van der Waals surface area contributed by atoms with Crippen LogP contribution in [-0.2, 0) is 33.4 Å². The van der Waals surface area contributed by atoms with Crippen molar-refractivity contribution < 1.29 is 38.5 Å². The lowest BCUT2D eigenvalue weighted by Gasteiger charge is -2.31. The van der Waals surface area contributed by atoms with Crippen molar-refractivity contribution in [3.05, 3.63) is 12.2 Å². The quantitative estimate of drug-likeness (QED) is 0.245. The average molecular weight is 427 g/mol. The summed E-state index contributed by atoms with van der Waals surface area (Å²) >= 11 is 0. The molecule has 0 amide bonds. The molecule has 8 heteroatoms. The van der Waals surface area contributed by atoms with Crippen molar-refractivity contribution in [1.29, 1.82) is 0 Å². The number of unbranched alkanes of at least 4 members (excludes halogenated alkanes) is 1. The first-order chi connectivity index (χ1) is 14.0. The van der Waals surface area contributed by atoms with Gasteiger partial charge in [-0.25, -0.2) is 0 Å². The van der Waals surface area contributed by atoms with Gasteiger partial charge in [-0.15, -0.1) is 0 Å². The first kappa shape index (κ1) is 25.8. The lowest BCUT2D eigenvalue weighted by Crippen LogP contribution is -2.45. The van der Waals surface area contributed by atoms with Gasteiger partial charge in [0.15, 0.2) is 5.78 Å². The number of hydrogen-bond donors (Lipinski definition) is 1. The van der Waals surface area contributed by atoms with E-state index in [0.29, 0.717) is 0 Å². The van der Waals surface area contributed by atoms with E-state index in [9.17, 15) is 24.3 Å². The molecule has 0 aromatic carbocycles. The minimum Gasteiger partial charge on any atom is -0.469 e. The van der Waals surface area contributed by atoms with Crippen molar-refractivity contribution in [2.45, 2.75) is 59.0 Å². The normalized spacial score (nSPS) is 25.2. The van der Waals surface area contributed by atoms with Crippen LogP contribution in [0.15, 0.2) is 12.2 Å². The van der Waals surface area contributed by atoms with Crippen molar-refractivity contribution in [2.24, 2.45) is 22.7 Å². The molecular weight excluding hydrogens is 392 g/mol. The van der Waals surface area contributed by atoms with Crippen LogP contribution < -0.4 is 0 Å². The van der Waals surface area contributed by atoms with Crippen molar-refractivity contribution in [2.75, 3.05) is 21.3 Å². The van der Waals surface area contributed by atoms with E-state index in [1.54, 1.807) is 6.08 Å². The Balaban J connectivity index is 3.37. The molecule has 0 saturated heterocycles. The Morgan fingerprint density at radius 2 is 1.83 bits per heavy atom. The fraction of sp³-hybridized carbons (Fsp3) is 0.727. The van der Waals surface area contributed by atoms with Gasteiger partial charge in [0.2, 0.25) is 0 Å². The van der Waals surface area contributed by atoms with Crippen molar-refractivity contribution in [3.8, 4) is 0 Å². The smallest absolute Gasteiger partial charge is 0.320 e. The third-order valence-electron chi connectivity index (χ3n) is 6.07. The van der Waals surface area contributed by atoms with Crippen LogP contribution in [0.2, 0.25) is 0 Å². The summed E-state index contributed by atoms with van der Waals surface area (Å²) in [7, 11) is 3.41. The molecule has 8 nitrogen and oxygen atoms in total. The van der Waals surface area contributed by atoms with E-state index in [0.717, 1.165) is 40.6 Å². The lowest BCUT2D eigenvalue weighted by atomic mass is 9.73. The predicted octanol–water partition coefficient (Wildman–Crippen LogP) is 2.22. The topological polar surface area (TPSA) is 116 Å². The highest BCUT2D eigenvalue weighted by molar-refractivity contribution is 6.15. The molecule has 0 spiro atoms. The van der Waals surface area contributed by atoms with E-state index < -0.39 is 58.9 Å². The van der Waals surface area contributed by atoms with E-state index in [2.05, 4.69) is 11.7 Å². The second-order valence-corrected chi connectivity index (χ2v) is 8.42. The molecule has 1 aliphatic rings. The summed E-state index contributed by atoms with van der Waals surface area (Å²) in [6.07, 6.45) is 4.35. The Hall–Kier alpha value is -2.22. The minimum absolute atomic E-state index is 0.0315. The predicted molar refractivity (Wildman–Crippen MR) is 108 cm³/mol. The number of esters is 3. The molecule has 1 aliphatic carbocycles. The second-order valence-electron chi connectivity index (χ2n) is 8.42. The molecule has 0 radical (unpaired) electrons. The molecule has 30 heavy (non-hydrogen) atoms. The maximum atomic E-state index is 13.2. The van der Waals surface area contributed by atoms with E-state index in [4.69, 9.17) is 9.47 Å². The summed E-state index contributed by atoms with van der Waals surface area (Å²) in [5.41, 5.74) is -2.34.